The van der Waals surface area contributed by atoms with Gasteiger partial charge in [-0.2, -0.15) is 0 Å². The molecule has 37 heavy (non-hydrogen) atoms. The number of carbonyl (C=O) groups is 2. The van der Waals surface area contributed by atoms with Crippen LogP contribution in [0, 0.1) is 13.8 Å². The minimum absolute atomic E-state index is 0.0124. The zero-order valence-corrected chi connectivity index (χ0v) is 22.2. The lowest BCUT2D eigenvalue weighted by Crippen LogP contribution is -2.29. The van der Waals surface area contributed by atoms with Crippen molar-refractivity contribution < 1.29 is 19.4 Å². The van der Waals surface area contributed by atoms with E-state index < -0.39 is 17.7 Å². The van der Waals surface area contributed by atoms with Crippen LogP contribution in [0.5, 0.6) is 5.75 Å². The Labute approximate surface area is 223 Å². The average molecular weight is 533 g/mol. The summed E-state index contributed by atoms with van der Waals surface area (Å²) in [4.78, 5) is 33.0. The van der Waals surface area contributed by atoms with Crippen LogP contribution in [0.15, 0.2) is 66.2 Å². The van der Waals surface area contributed by atoms with Gasteiger partial charge in [-0.05, 0) is 79.4 Å². The summed E-state index contributed by atoms with van der Waals surface area (Å²) >= 11 is 7.64. The number of ether oxygens (including phenoxy) is 1. The molecular weight excluding hydrogens is 508 g/mol. The minimum atomic E-state index is -0.892. The van der Waals surface area contributed by atoms with Gasteiger partial charge < -0.3 is 9.84 Å². The van der Waals surface area contributed by atoms with Crippen LogP contribution in [0.3, 0.4) is 0 Å². The summed E-state index contributed by atoms with van der Waals surface area (Å²) in [6.45, 7) is 6.56. The number of nitrogens with zero attached hydrogens (tertiary/aromatic N) is 2. The maximum absolute atomic E-state index is 13.5. The molecule has 1 N–H and O–H groups in total. The lowest BCUT2D eigenvalue weighted by Gasteiger charge is -2.23. The number of aromatic nitrogens is 1. The summed E-state index contributed by atoms with van der Waals surface area (Å²) in [5.74, 6) is -1.13. The number of thiazole rings is 1. The van der Waals surface area contributed by atoms with Gasteiger partial charge in [-0.3, -0.25) is 14.5 Å². The molecule has 0 spiro atoms. The molecule has 188 valence electrons. The summed E-state index contributed by atoms with van der Waals surface area (Å²) in [5, 5.41) is 12.2. The smallest absolute Gasteiger partial charge is 0.301 e. The fourth-order valence-electron chi connectivity index (χ4n) is 4.57. The Kier molecular flexibility index (Phi) is 6.75. The van der Waals surface area contributed by atoms with Crippen molar-refractivity contribution in [2.75, 3.05) is 11.5 Å². The van der Waals surface area contributed by atoms with Gasteiger partial charge in [-0.15, -0.1) is 0 Å². The van der Waals surface area contributed by atoms with Crippen LogP contribution in [0.1, 0.15) is 41.6 Å². The monoisotopic (exact) mass is 532 g/mol. The second-order valence-corrected chi connectivity index (χ2v) is 10.5. The van der Waals surface area contributed by atoms with E-state index >= 15 is 0 Å². The first-order chi connectivity index (χ1) is 17.8. The van der Waals surface area contributed by atoms with Crippen molar-refractivity contribution in [1.82, 2.24) is 4.98 Å². The Morgan fingerprint density at radius 1 is 1.11 bits per heavy atom. The number of benzene rings is 3. The molecule has 1 atom stereocenters. The number of hydrogen-bond acceptors (Lipinski definition) is 6. The van der Waals surface area contributed by atoms with Crippen molar-refractivity contribution in [3.63, 3.8) is 0 Å². The number of rotatable bonds is 6. The zero-order valence-electron chi connectivity index (χ0n) is 20.6. The highest BCUT2D eigenvalue weighted by molar-refractivity contribution is 7.22. The van der Waals surface area contributed by atoms with E-state index in [4.69, 9.17) is 21.3 Å². The second kappa shape index (κ2) is 10.00. The first-order valence-electron chi connectivity index (χ1n) is 12.0. The first-order valence-corrected chi connectivity index (χ1v) is 13.2. The molecule has 1 aliphatic rings. The third kappa shape index (κ3) is 4.61. The second-order valence-electron chi connectivity index (χ2n) is 9.02. The number of anilines is 1. The van der Waals surface area contributed by atoms with Crippen LogP contribution in [0.2, 0.25) is 5.02 Å². The third-order valence-electron chi connectivity index (χ3n) is 6.23. The number of aliphatic hydroxyl groups is 1. The number of aliphatic hydroxyl groups excluding tert-OH is 1. The molecule has 0 radical (unpaired) electrons. The van der Waals surface area contributed by atoms with Gasteiger partial charge in [0.25, 0.3) is 5.78 Å². The highest BCUT2D eigenvalue weighted by Crippen LogP contribution is 2.45. The summed E-state index contributed by atoms with van der Waals surface area (Å²) < 4.78 is 6.55. The van der Waals surface area contributed by atoms with E-state index in [1.54, 1.807) is 48.5 Å². The van der Waals surface area contributed by atoms with Gasteiger partial charge in [-0.1, -0.05) is 48.1 Å². The fourth-order valence-corrected chi connectivity index (χ4v) is 5.94. The SMILES string of the molecule is CCCOc1ccc(/C(O)=C2\C(=O)C(=O)N(c3nc4c(C)cc(C)cc4s3)C2c2cccc(Cl)c2)cc1. The molecule has 3 aromatic carbocycles. The van der Waals surface area contributed by atoms with Crippen molar-refractivity contribution in [3.05, 3.63) is 93.5 Å². The Balaban J connectivity index is 1.67. The molecule has 0 aliphatic carbocycles. The van der Waals surface area contributed by atoms with Crippen LogP contribution in [0.25, 0.3) is 16.0 Å². The average Bonchev–Trinajstić information content (AvgIpc) is 3.41. The molecule has 8 heteroatoms. The molecular formula is C29H25ClN2O4S. The molecule has 1 unspecified atom stereocenters. The fraction of sp³-hybridized carbons (Fsp3) is 0.207. The van der Waals surface area contributed by atoms with Crippen molar-refractivity contribution >= 4 is 55.7 Å². The normalized spacial score (nSPS) is 17.1. The maximum Gasteiger partial charge on any atom is 0.301 e. The molecule has 1 amide bonds. The number of carbonyl (C=O) groups excluding carboxylic acids is 2. The Bertz CT molecular complexity index is 1560. The quantitative estimate of drug-likeness (QED) is 0.164. The summed E-state index contributed by atoms with van der Waals surface area (Å²) in [6, 6.07) is 16.9. The number of amides is 1. The zero-order chi connectivity index (χ0) is 26.3. The Morgan fingerprint density at radius 3 is 2.57 bits per heavy atom. The molecule has 4 aromatic rings. The van der Waals surface area contributed by atoms with E-state index in [9.17, 15) is 14.7 Å². The lowest BCUT2D eigenvalue weighted by atomic mass is 9.95. The van der Waals surface area contributed by atoms with E-state index in [1.807, 2.05) is 32.9 Å². The van der Waals surface area contributed by atoms with E-state index in [2.05, 4.69) is 0 Å². The van der Waals surface area contributed by atoms with E-state index in [-0.39, 0.29) is 11.3 Å². The van der Waals surface area contributed by atoms with Crippen LogP contribution in [-0.4, -0.2) is 28.4 Å². The highest BCUT2D eigenvalue weighted by atomic mass is 35.5. The van der Waals surface area contributed by atoms with Crippen LogP contribution in [0.4, 0.5) is 5.13 Å². The van der Waals surface area contributed by atoms with Crippen LogP contribution in [-0.2, 0) is 9.59 Å². The van der Waals surface area contributed by atoms with Crippen molar-refractivity contribution in [1.29, 1.82) is 0 Å². The van der Waals surface area contributed by atoms with Gasteiger partial charge in [0.05, 0.1) is 28.4 Å². The Hall–Kier alpha value is -3.68. The van der Waals surface area contributed by atoms with Crippen molar-refractivity contribution in [2.45, 2.75) is 33.2 Å². The molecule has 1 aliphatic heterocycles. The number of hydrogen-bond donors (Lipinski definition) is 1. The van der Waals surface area contributed by atoms with E-state index in [0.29, 0.717) is 33.6 Å². The summed E-state index contributed by atoms with van der Waals surface area (Å²) in [6.07, 6.45) is 0.871. The standard InChI is InChI=1S/C29H25ClN2O4S/c1-4-12-36-21-10-8-18(9-11-21)26(33)23-25(19-6-5-7-20(30)15-19)32(28(35)27(23)34)29-31-24-17(3)13-16(2)14-22(24)37-29/h5-11,13-15,25,33H,4,12H2,1-3H3/b26-23+. The van der Waals surface area contributed by atoms with Gasteiger partial charge >= 0.3 is 5.91 Å². The van der Waals surface area contributed by atoms with Gasteiger partial charge in [0, 0.05) is 10.6 Å². The predicted molar refractivity (Wildman–Crippen MR) is 148 cm³/mol. The minimum Gasteiger partial charge on any atom is -0.507 e. The van der Waals surface area contributed by atoms with Crippen molar-refractivity contribution in [3.8, 4) is 5.75 Å². The molecule has 5 rings (SSSR count). The molecule has 1 saturated heterocycles. The number of aryl methyl sites for hydroxylation is 2. The number of Topliss-reactive ketones (excluding diaryl/α,β-unsaturated/α-hetero) is 1. The van der Waals surface area contributed by atoms with E-state index in [1.165, 1.54) is 16.2 Å². The number of ketones is 1. The topological polar surface area (TPSA) is 79.7 Å². The molecule has 0 saturated carbocycles. The molecule has 1 aromatic heterocycles. The van der Waals surface area contributed by atoms with Crippen LogP contribution < -0.4 is 9.64 Å². The van der Waals surface area contributed by atoms with Gasteiger partial charge in [-0.25, -0.2) is 4.98 Å². The first kappa shape index (κ1) is 25.0. The molecule has 0 bridgehead atoms. The van der Waals surface area contributed by atoms with Gasteiger partial charge in [0.1, 0.15) is 11.5 Å². The lowest BCUT2D eigenvalue weighted by molar-refractivity contribution is -0.132. The van der Waals surface area contributed by atoms with E-state index in [0.717, 1.165) is 27.8 Å². The molecule has 6 nitrogen and oxygen atoms in total. The predicted octanol–water partition coefficient (Wildman–Crippen LogP) is 6.98. The van der Waals surface area contributed by atoms with Crippen LogP contribution >= 0.6 is 22.9 Å². The summed E-state index contributed by atoms with van der Waals surface area (Å²) in [5.41, 5.74) is 3.84. The van der Waals surface area contributed by atoms with Gasteiger partial charge in [0.2, 0.25) is 0 Å². The van der Waals surface area contributed by atoms with Crippen molar-refractivity contribution in [2.24, 2.45) is 0 Å². The number of fused-ring (bicyclic) bond motifs is 1. The third-order valence-corrected chi connectivity index (χ3v) is 7.47. The largest absolute Gasteiger partial charge is 0.507 e. The van der Waals surface area contributed by atoms with Gasteiger partial charge in [0.15, 0.2) is 5.13 Å². The summed E-state index contributed by atoms with van der Waals surface area (Å²) in [7, 11) is 0. The Morgan fingerprint density at radius 2 is 1.86 bits per heavy atom. The number of halogens is 1. The molecule has 1 fully saturated rings. The maximum atomic E-state index is 13.5. The highest BCUT2D eigenvalue weighted by Gasteiger charge is 2.48. The molecule has 2 heterocycles.